The van der Waals surface area contributed by atoms with Gasteiger partial charge in [-0.25, -0.2) is 8.42 Å². The molecule has 8 nitrogen and oxygen atoms in total. The van der Waals surface area contributed by atoms with Gasteiger partial charge in [0.05, 0.1) is 24.1 Å². The molecule has 0 saturated carbocycles. The fraction of sp³-hybridized carbons (Fsp3) is 0.333. The highest BCUT2D eigenvalue weighted by Gasteiger charge is 2.34. The van der Waals surface area contributed by atoms with Crippen molar-refractivity contribution >= 4 is 50.7 Å². The summed E-state index contributed by atoms with van der Waals surface area (Å²) in [6, 6.07) is 19.8. The van der Waals surface area contributed by atoms with Crippen molar-refractivity contribution in [3.8, 4) is 5.75 Å². The van der Waals surface area contributed by atoms with Gasteiger partial charge in [-0.3, -0.25) is 13.9 Å². The Bertz CT molecular complexity index is 1480. The lowest BCUT2D eigenvalue weighted by atomic mass is 10.0. The highest BCUT2D eigenvalue weighted by Crippen LogP contribution is 2.30. The Kier molecular flexibility index (Phi) is 10.7. The molecule has 0 aromatic heterocycles. The molecule has 0 aliphatic heterocycles. The van der Waals surface area contributed by atoms with Gasteiger partial charge in [-0.2, -0.15) is 0 Å². The van der Waals surface area contributed by atoms with Crippen molar-refractivity contribution in [2.24, 2.45) is 0 Å². The third kappa shape index (κ3) is 9.38. The molecule has 1 N–H and O–H groups in total. The van der Waals surface area contributed by atoms with Crippen molar-refractivity contribution in [2.75, 3.05) is 24.2 Å². The van der Waals surface area contributed by atoms with Gasteiger partial charge in [0.1, 0.15) is 18.3 Å². The number of ether oxygens (including phenoxy) is 1. The van der Waals surface area contributed by atoms with Gasteiger partial charge in [-0.05, 0) is 62.2 Å². The highest BCUT2D eigenvalue weighted by atomic mass is 35.5. The number of nitrogens with one attached hydrogen (secondary N) is 1. The summed E-state index contributed by atoms with van der Waals surface area (Å²) in [6.07, 6.45) is 1.22. The Morgan fingerprint density at radius 1 is 0.951 bits per heavy atom. The number of carbonyl (C=O) groups is 2. The number of hydrogen-bond acceptors (Lipinski definition) is 5. The largest absolute Gasteiger partial charge is 0.495 e. The SMILES string of the molecule is COc1ccc(N(CC(=O)N(Cc2cccc(Cl)c2)C(Cc2ccccc2)C(=O)NC(C)(C)C)S(C)(=O)=O)cc1Cl. The van der Waals surface area contributed by atoms with Crippen molar-refractivity contribution in [2.45, 2.75) is 45.3 Å². The fourth-order valence-corrected chi connectivity index (χ4v) is 5.57. The van der Waals surface area contributed by atoms with E-state index in [-0.39, 0.29) is 29.6 Å². The van der Waals surface area contributed by atoms with Crippen LogP contribution in [0.15, 0.2) is 72.8 Å². The number of nitrogens with zero attached hydrogens (tertiary/aromatic N) is 2. The van der Waals surface area contributed by atoms with Gasteiger partial charge in [-0.15, -0.1) is 0 Å². The third-order valence-corrected chi connectivity index (χ3v) is 7.78. The van der Waals surface area contributed by atoms with Crippen LogP contribution in [-0.4, -0.2) is 56.6 Å². The lowest BCUT2D eigenvalue weighted by Gasteiger charge is -2.35. The van der Waals surface area contributed by atoms with E-state index in [4.69, 9.17) is 27.9 Å². The van der Waals surface area contributed by atoms with E-state index in [2.05, 4.69) is 5.32 Å². The molecule has 0 aliphatic carbocycles. The Balaban J connectivity index is 2.09. The van der Waals surface area contributed by atoms with Crippen LogP contribution >= 0.6 is 23.2 Å². The van der Waals surface area contributed by atoms with Gasteiger partial charge in [0, 0.05) is 23.5 Å². The maximum Gasteiger partial charge on any atom is 0.244 e. The number of carbonyl (C=O) groups excluding carboxylic acids is 2. The fourth-order valence-electron chi connectivity index (χ4n) is 4.26. The molecule has 220 valence electrons. The number of amides is 2. The normalized spacial score (nSPS) is 12.4. The van der Waals surface area contributed by atoms with Crippen LogP contribution in [0.25, 0.3) is 0 Å². The summed E-state index contributed by atoms with van der Waals surface area (Å²) in [5.41, 5.74) is 1.14. The van der Waals surface area contributed by atoms with E-state index in [1.54, 1.807) is 24.3 Å². The molecule has 0 heterocycles. The highest BCUT2D eigenvalue weighted by molar-refractivity contribution is 7.92. The number of anilines is 1. The van der Waals surface area contributed by atoms with E-state index < -0.39 is 34.1 Å². The van der Waals surface area contributed by atoms with Crippen LogP contribution in [0.4, 0.5) is 5.69 Å². The monoisotopic (exact) mass is 619 g/mol. The number of hydrogen-bond donors (Lipinski definition) is 1. The maximum absolute atomic E-state index is 14.1. The van der Waals surface area contributed by atoms with Crippen LogP contribution in [0, 0.1) is 0 Å². The predicted octanol–water partition coefficient (Wildman–Crippen LogP) is 5.32. The molecule has 3 aromatic carbocycles. The van der Waals surface area contributed by atoms with E-state index in [0.29, 0.717) is 16.3 Å². The molecule has 11 heteroatoms. The summed E-state index contributed by atoms with van der Waals surface area (Å²) >= 11 is 12.5. The lowest BCUT2D eigenvalue weighted by molar-refractivity contribution is -0.140. The van der Waals surface area contributed by atoms with Gasteiger partial charge >= 0.3 is 0 Å². The number of methoxy groups -OCH3 is 1. The van der Waals surface area contributed by atoms with Crippen LogP contribution in [0.1, 0.15) is 31.9 Å². The van der Waals surface area contributed by atoms with E-state index in [1.165, 1.54) is 30.2 Å². The van der Waals surface area contributed by atoms with Gasteiger partial charge in [-0.1, -0.05) is 65.7 Å². The standard InChI is InChI=1S/C30H35Cl2N3O5S/c1-30(2,3)33-29(37)26(17-21-10-7-6-8-11-21)34(19-22-12-9-13-23(31)16-22)28(36)20-35(41(5,38)39)24-14-15-27(40-4)25(32)18-24/h6-16,18,26H,17,19-20H2,1-5H3,(H,33,37). The molecule has 3 rings (SSSR count). The average molecular weight is 621 g/mol. The van der Waals surface area contributed by atoms with Crippen molar-refractivity contribution in [3.05, 3.63) is 94.0 Å². The Morgan fingerprint density at radius 2 is 1.61 bits per heavy atom. The van der Waals surface area contributed by atoms with E-state index in [1.807, 2.05) is 51.1 Å². The van der Waals surface area contributed by atoms with Crippen LogP contribution in [0.2, 0.25) is 10.0 Å². The molecule has 0 spiro atoms. The summed E-state index contributed by atoms with van der Waals surface area (Å²) in [7, 11) is -2.48. The Labute approximate surface area is 252 Å². The van der Waals surface area contributed by atoms with Crippen molar-refractivity contribution in [3.63, 3.8) is 0 Å². The van der Waals surface area contributed by atoms with Crippen molar-refractivity contribution in [1.29, 1.82) is 0 Å². The van der Waals surface area contributed by atoms with Crippen molar-refractivity contribution in [1.82, 2.24) is 10.2 Å². The first-order valence-corrected chi connectivity index (χ1v) is 15.5. The minimum Gasteiger partial charge on any atom is -0.495 e. The van der Waals surface area contributed by atoms with Crippen LogP contribution in [0.3, 0.4) is 0 Å². The molecular formula is C30H35Cl2N3O5S. The summed E-state index contributed by atoms with van der Waals surface area (Å²) in [4.78, 5) is 29.3. The van der Waals surface area contributed by atoms with E-state index in [0.717, 1.165) is 16.1 Å². The molecule has 0 fully saturated rings. The molecule has 41 heavy (non-hydrogen) atoms. The zero-order valence-electron chi connectivity index (χ0n) is 23.7. The zero-order chi connectivity index (χ0) is 30.4. The Hall–Kier alpha value is -3.27. The van der Waals surface area contributed by atoms with E-state index >= 15 is 0 Å². The van der Waals surface area contributed by atoms with Crippen LogP contribution in [-0.2, 0) is 32.6 Å². The molecule has 0 bridgehead atoms. The summed E-state index contributed by atoms with van der Waals surface area (Å²) < 4.78 is 32.0. The molecule has 1 atom stereocenters. The topological polar surface area (TPSA) is 96.0 Å². The molecule has 1 unspecified atom stereocenters. The van der Waals surface area contributed by atoms with Gasteiger partial charge < -0.3 is 15.0 Å². The quantitative estimate of drug-likeness (QED) is 0.313. The summed E-state index contributed by atoms with van der Waals surface area (Å²) in [5.74, 6) is -0.581. The van der Waals surface area contributed by atoms with Crippen LogP contribution in [0.5, 0.6) is 5.75 Å². The van der Waals surface area contributed by atoms with E-state index in [9.17, 15) is 18.0 Å². The van der Waals surface area contributed by atoms with Crippen molar-refractivity contribution < 1.29 is 22.7 Å². The molecular weight excluding hydrogens is 585 g/mol. The number of benzene rings is 3. The first-order valence-electron chi connectivity index (χ1n) is 12.9. The summed E-state index contributed by atoms with van der Waals surface area (Å²) in [6.45, 7) is 5.02. The van der Waals surface area contributed by atoms with Gasteiger partial charge in [0.25, 0.3) is 0 Å². The number of rotatable bonds is 11. The first-order chi connectivity index (χ1) is 19.2. The average Bonchev–Trinajstić information content (AvgIpc) is 2.88. The smallest absolute Gasteiger partial charge is 0.244 e. The molecule has 0 aliphatic rings. The number of halogens is 2. The third-order valence-electron chi connectivity index (χ3n) is 6.11. The molecule has 0 saturated heterocycles. The molecule has 3 aromatic rings. The van der Waals surface area contributed by atoms with Gasteiger partial charge in [0.15, 0.2) is 0 Å². The second-order valence-electron chi connectivity index (χ2n) is 10.7. The van der Waals surface area contributed by atoms with Gasteiger partial charge in [0.2, 0.25) is 21.8 Å². The first kappa shape index (κ1) is 32.2. The zero-order valence-corrected chi connectivity index (χ0v) is 26.1. The van der Waals surface area contributed by atoms with Crippen LogP contribution < -0.4 is 14.4 Å². The lowest BCUT2D eigenvalue weighted by Crippen LogP contribution is -2.56. The maximum atomic E-state index is 14.1. The Morgan fingerprint density at radius 3 is 2.17 bits per heavy atom. The minimum absolute atomic E-state index is 0.0232. The second-order valence-corrected chi connectivity index (χ2v) is 13.4. The predicted molar refractivity (Wildman–Crippen MR) is 164 cm³/mol. The molecule has 0 radical (unpaired) electrons. The second kappa shape index (κ2) is 13.6. The minimum atomic E-state index is -3.93. The molecule has 2 amide bonds. The number of sulfonamides is 1. The summed E-state index contributed by atoms with van der Waals surface area (Å²) in [5, 5.41) is 3.65.